The van der Waals surface area contributed by atoms with Crippen LogP contribution in [0.3, 0.4) is 0 Å². The molecule has 13 heavy (non-hydrogen) atoms. The van der Waals surface area contributed by atoms with Crippen LogP contribution in [0.25, 0.3) is 0 Å². The van der Waals surface area contributed by atoms with Gasteiger partial charge in [-0.3, -0.25) is 5.10 Å². The lowest BCUT2D eigenvalue weighted by Crippen LogP contribution is -2.41. The summed E-state index contributed by atoms with van der Waals surface area (Å²) in [5.74, 6) is 0. The van der Waals surface area contributed by atoms with Crippen molar-refractivity contribution in [2.45, 2.75) is 44.6 Å². The van der Waals surface area contributed by atoms with Crippen LogP contribution in [0.5, 0.6) is 0 Å². The average Bonchev–Trinajstić information content (AvgIpc) is 2.64. The fourth-order valence-electron chi connectivity index (χ4n) is 2.64. The third-order valence-corrected chi connectivity index (χ3v) is 3.63. The zero-order valence-electron chi connectivity index (χ0n) is 8.30. The number of aromatic nitrogens is 2. The Labute approximate surface area is 78.7 Å². The van der Waals surface area contributed by atoms with E-state index in [1.165, 1.54) is 11.3 Å². The van der Waals surface area contributed by atoms with Gasteiger partial charge in [0.1, 0.15) is 0 Å². The first-order valence-corrected chi connectivity index (χ1v) is 5.03. The highest BCUT2D eigenvalue weighted by Gasteiger charge is 2.43. The molecule has 72 valence electrons. The van der Waals surface area contributed by atoms with E-state index in [1.807, 2.05) is 6.20 Å². The first-order valence-electron chi connectivity index (χ1n) is 5.03. The summed E-state index contributed by atoms with van der Waals surface area (Å²) < 4.78 is 0. The van der Waals surface area contributed by atoms with E-state index in [0.29, 0.717) is 0 Å². The van der Waals surface area contributed by atoms with Gasteiger partial charge in [-0.15, -0.1) is 0 Å². The van der Waals surface area contributed by atoms with Gasteiger partial charge in [0.25, 0.3) is 0 Å². The van der Waals surface area contributed by atoms with Gasteiger partial charge in [-0.1, -0.05) is 13.8 Å². The lowest BCUT2D eigenvalue weighted by Gasteiger charge is -2.31. The van der Waals surface area contributed by atoms with Crippen molar-refractivity contribution in [1.82, 2.24) is 10.2 Å². The summed E-state index contributed by atoms with van der Waals surface area (Å²) in [6.45, 7) is 4.42. The van der Waals surface area contributed by atoms with E-state index in [9.17, 15) is 0 Å². The Hall–Kier alpha value is -0.830. The molecule has 1 atom stereocenters. The highest BCUT2D eigenvalue weighted by Crippen LogP contribution is 2.41. The molecule has 0 saturated heterocycles. The van der Waals surface area contributed by atoms with Crippen LogP contribution in [0.15, 0.2) is 6.20 Å². The molecular formula is C10H17N3. The van der Waals surface area contributed by atoms with Crippen LogP contribution in [0, 0.1) is 0 Å². The topological polar surface area (TPSA) is 54.7 Å². The molecule has 0 aromatic carbocycles. The van der Waals surface area contributed by atoms with Gasteiger partial charge in [0.15, 0.2) is 0 Å². The molecule has 0 amide bonds. The third-order valence-electron chi connectivity index (χ3n) is 3.63. The molecule has 3 heteroatoms. The minimum atomic E-state index is 0.159. The van der Waals surface area contributed by atoms with Crippen molar-refractivity contribution in [1.29, 1.82) is 0 Å². The Morgan fingerprint density at radius 3 is 2.92 bits per heavy atom. The van der Waals surface area contributed by atoms with E-state index in [1.54, 1.807) is 0 Å². The van der Waals surface area contributed by atoms with Crippen LogP contribution < -0.4 is 5.73 Å². The van der Waals surface area contributed by atoms with Gasteiger partial charge in [-0.2, -0.15) is 5.10 Å². The Morgan fingerprint density at radius 1 is 1.62 bits per heavy atom. The van der Waals surface area contributed by atoms with Crippen LogP contribution in [-0.4, -0.2) is 16.2 Å². The van der Waals surface area contributed by atoms with E-state index in [4.69, 9.17) is 5.73 Å². The quantitative estimate of drug-likeness (QED) is 0.720. The van der Waals surface area contributed by atoms with Crippen molar-refractivity contribution in [2.75, 3.05) is 0 Å². The smallest absolute Gasteiger partial charge is 0.0522 e. The summed E-state index contributed by atoms with van der Waals surface area (Å²) in [6, 6.07) is 0.270. The number of fused-ring (bicyclic) bond motifs is 1. The fourth-order valence-corrected chi connectivity index (χ4v) is 2.64. The highest BCUT2D eigenvalue weighted by molar-refractivity contribution is 5.35. The molecule has 0 aliphatic heterocycles. The summed E-state index contributed by atoms with van der Waals surface area (Å²) in [5.41, 5.74) is 8.94. The summed E-state index contributed by atoms with van der Waals surface area (Å²) in [7, 11) is 0. The average molecular weight is 179 g/mol. The summed E-state index contributed by atoms with van der Waals surface area (Å²) in [6.07, 6.45) is 5.09. The van der Waals surface area contributed by atoms with Crippen LogP contribution in [0.4, 0.5) is 0 Å². The van der Waals surface area contributed by atoms with Crippen molar-refractivity contribution in [2.24, 2.45) is 5.73 Å². The van der Waals surface area contributed by atoms with Gasteiger partial charge in [0.2, 0.25) is 0 Å². The number of hydrogen-bond acceptors (Lipinski definition) is 2. The maximum atomic E-state index is 6.18. The monoisotopic (exact) mass is 179 g/mol. The molecule has 1 aliphatic rings. The van der Waals surface area contributed by atoms with Crippen molar-refractivity contribution in [3.05, 3.63) is 17.5 Å². The first kappa shape index (κ1) is 8.75. The Bertz CT molecular complexity index is 299. The number of aromatic amines is 1. The van der Waals surface area contributed by atoms with Crippen molar-refractivity contribution in [3.63, 3.8) is 0 Å². The molecule has 1 heterocycles. The number of nitrogens with zero attached hydrogens (tertiary/aromatic N) is 1. The van der Waals surface area contributed by atoms with Gasteiger partial charge < -0.3 is 5.73 Å². The maximum Gasteiger partial charge on any atom is 0.0522 e. The normalized spacial score (nSPS) is 24.7. The predicted molar refractivity (Wildman–Crippen MR) is 52.5 cm³/mol. The molecule has 0 saturated carbocycles. The fraction of sp³-hybridized carbons (Fsp3) is 0.700. The van der Waals surface area contributed by atoms with Crippen LogP contribution in [0.2, 0.25) is 0 Å². The zero-order valence-corrected chi connectivity index (χ0v) is 8.30. The molecule has 1 aromatic heterocycles. The molecule has 0 bridgehead atoms. The minimum absolute atomic E-state index is 0.159. The first-order chi connectivity index (χ1) is 6.24. The summed E-state index contributed by atoms with van der Waals surface area (Å²) in [4.78, 5) is 0. The number of rotatable bonds is 2. The lowest BCUT2D eigenvalue weighted by molar-refractivity contribution is 0.333. The van der Waals surface area contributed by atoms with Gasteiger partial charge >= 0.3 is 0 Å². The summed E-state index contributed by atoms with van der Waals surface area (Å²) >= 11 is 0. The van der Waals surface area contributed by atoms with E-state index in [0.717, 1.165) is 19.3 Å². The van der Waals surface area contributed by atoms with Crippen molar-refractivity contribution in [3.8, 4) is 0 Å². The van der Waals surface area contributed by atoms with Crippen LogP contribution in [0.1, 0.15) is 37.9 Å². The van der Waals surface area contributed by atoms with Gasteiger partial charge in [0.05, 0.1) is 6.20 Å². The maximum absolute atomic E-state index is 6.18. The molecule has 0 unspecified atom stereocenters. The van der Waals surface area contributed by atoms with Crippen LogP contribution >= 0.6 is 0 Å². The number of nitrogens with one attached hydrogen (secondary N) is 1. The lowest BCUT2D eigenvalue weighted by atomic mass is 9.77. The largest absolute Gasteiger partial charge is 0.327 e. The second-order valence-electron chi connectivity index (χ2n) is 3.94. The molecule has 0 fully saturated rings. The molecule has 1 aromatic rings. The molecule has 3 nitrogen and oxygen atoms in total. The third kappa shape index (κ3) is 0.967. The SMILES string of the molecule is CCC1(CC)c2[nH]ncc2C[C@H]1N. The number of H-pyrrole nitrogens is 1. The minimum Gasteiger partial charge on any atom is -0.327 e. The molecule has 2 rings (SSSR count). The van der Waals surface area contributed by atoms with Crippen LogP contribution in [-0.2, 0) is 11.8 Å². The van der Waals surface area contributed by atoms with Crippen molar-refractivity contribution >= 4 is 0 Å². The zero-order chi connectivity index (χ0) is 9.47. The van der Waals surface area contributed by atoms with Gasteiger partial charge in [-0.05, 0) is 24.8 Å². The number of hydrogen-bond donors (Lipinski definition) is 2. The Morgan fingerprint density at radius 2 is 2.31 bits per heavy atom. The molecular weight excluding hydrogens is 162 g/mol. The van der Waals surface area contributed by atoms with Crippen molar-refractivity contribution < 1.29 is 0 Å². The molecule has 3 N–H and O–H groups in total. The highest BCUT2D eigenvalue weighted by atomic mass is 15.1. The van der Waals surface area contributed by atoms with E-state index < -0.39 is 0 Å². The second-order valence-corrected chi connectivity index (χ2v) is 3.94. The van der Waals surface area contributed by atoms with E-state index >= 15 is 0 Å². The van der Waals surface area contributed by atoms with E-state index in [-0.39, 0.29) is 11.5 Å². The second kappa shape index (κ2) is 2.84. The van der Waals surface area contributed by atoms with Gasteiger partial charge in [-0.25, -0.2) is 0 Å². The standard InChI is InChI=1S/C10H17N3/c1-3-10(4-2)8(11)5-7-6-12-13-9(7)10/h6,8H,3-5,11H2,1-2H3,(H,12,13)/t8-/m1/s1. The van der Waals surface area contributed by atoms with E-state index in [2.05, 4.69) is 24.0 Å². The van der Waals surface area contributed by atoms with Gasteiger partial charge in [0, 0.05) is 17.2 Å². The molecule has 0 radical (unpaired) electrons. The summed E-state index contributed by atoms with van der Waals surface area (Å²) in [5, 5.41) is 7.20. The molecule has 0 spiro atoms. The molecule has 1 aliphatic carbocycles. The predicted octanol–water partition coefficient (Wildman–Crippen LogP) is 1.35. The Balaban J connectivity index is 2.48. The Kier molecular flexibility index (Phi) is 1.91. The number of nitrogens with two attached hydrogens (primary N) is 1.